The molecule has 3 nitrogen and oxygen atoms in total. The first-order chi connectivity index (χ1) is 6.88. The van der Waals surface area contributed by atoms with Gasteiger partial charge in [0.1, 0.15) is 5.82 Å². The summed E-state index contributed by atoms with van der Waals surface area (Å²) in [5.74, 6) is -0.581. The van der Waals surface area contributed by atoms with Gasteiger partial charge in [-0.2, -0.15) is 0 Å². The molecular weight excluding hydrogens is 195 g/mol. The quantitative estimate of drug-likeness (QED) is 0.735. The van der Waals surface area contributed by atoms with Gasteiger partial charge in [0.25, 0.3) is 0 Å². The molecular formula is C11H13FN2O. The van der Waals surface area contributed by atoms with Gasteiger partial charge in [0.05, 0.1) is 12.1 Å². The number of hydrogen-bond donors (Lipinski definition) is 2. The van der Waals surface area contributed by atoms with Crippen molar-refractivity contribution in [1.82, 2.24) is 0 Å². The van der Waals surface area contributed by atoms with Crippen molar-refractivity contribution in [2.45, 2.75) is 25.8 Å². The number of amides is 1. The molecule has 3 N–H and O–H groups in total. The van der Waals surface area contributed by atoms with Crippen molar-refractivity contribution in [2.75, 3.05) is 5.32 Å². The number of nitrogens with one attached hydrogen (secondary N) is 1. The van der Waals surface area contributed by atoms with Crippen molar-refractivity contribution < 1.29 is 9.18 Å². The van der Waals surface area contributed by atoms with E-state index < -0.39 is 11.4 Å². The van der Waals surface area contributed by atoms with Crippen molar-refractivity contribution in [3.8, 4) is 0 Å². The molecule has 0 bridgehead atoms. The van der Waals surface area contributed by atoms with E-state index in [0.29, 0.717) is 16.8 Å². The first kappa shape index (κ1) is 10.1. The van der Waals surface area contributed by atoms with Crippen LogP contribution in [0, 0.1) is 5.82 Å². The Balaban J connectivity index is 2.54. The summed E-state index contributed by atoms with van der Waals surface area (Å²) in [6, 6.07) is 3.17. The van der Waals surface area contributed by atoms with E-state index in [1.807, 2.05) is 0 Å². The van der Waals surface area contributed by atoms with Crippen LogP contribution < -0.4 is 11.1 Å². The molecule has 0 aromatic heterocycles. The first-order valence-electron chi connectivity index (χ1n) is 4.79. The minimum Gasteiger partial charge on any atom is -0.323 e. The summed E-state index contributed by atoms with van der Waals surface area (Å²) in [7, 11) is 0. The van der Waals surface area contributed by atoms with Gasteiger partial charge in [0.2, 0.25) is 5.91 Å². The zero-order chi connectivity index (χ0) is 11.2. The van der Waals surface area contributed by atoms with Crippen LogP contribution in [0.1, 0.15) is 25.0 Å². The fourth-order valence-corrected chi connectivity index (χ4v) is 1.67. The van der Waals surface area contributed by atoms with Crippen molar-refractivity contribution >= 4 is 11.6 Å². The molecule has 1 aromatic rings. The van der Waals surface area contributed by atoms with Crippen LogP contribution in [0.15, 0.2) is 12.1 Å². The summed E-state index contributed by atoms with van der Waals surface area (Å²) >= 11 is 0. The maximum atomic E-state index is 13.6. The molecule has 0 atom stereocenters. The SMILES string of the molecule is CC(C)(N)c1cc(F)c2c(c1)CC(=O)N2. The van der Waals surface area contributed by atoms with E-state index in [1.165, 1.54) is 6.07 Å². The molecule has 0 radical (unpaired) electrons. The number of benzene rings is 1. The molecule has 1 aromatic carbocycles. The molecule has 0 aliphatic carbocycles. The monoisotopic (exact) mass is 208 g/mol. The summed E-state index contributed by atoms with van der Waals surface area (Å²) in [6.45, 7) is 3.61. The Hall–Kier alpha value is -1.42. The average Bonchev–Trinajstić information content (AvgIpc) is 2.44. The number of carbonyl (C=O) groups excluding carboxylic acids is 1. The molecule has 0 spiro atoms. The van der Waals surface area contributed by atoms with E-state index in [-0.39, 0.29) is 12.3 Å². The smallest absolute Gasteiger partial charge is 0.228 e. The van der Waals surface area contributed by atoms with Gasteiger partial charge in [-0.15, -0.1) is 0 Å². The predicted molar refractivity (Wildman–Crippen MR) is 55.9 cm³/mol. The van der Waals surface area contributed by atoms with Crippen molar-refractivity contribution in [1.29, 1.82) is 0 Å². The zero-order valence-electron chi connectivity index (χ0n) is 8.73. The third-order valence-corrected chi connectivity index (χ3v) is 2.53. The van der Waals surface area contributed by atoms with E-state index in [9.17, 15) is 9.18 Å². The van der Waals surface area contributed by atoms with Crippen molar-refractivity contribution in [3.63, 3.8) is 0 Å². The number of halogens is 1. The highest BCUT2D eigenvalue weighted by Gasteiger charge is 2.25. The number of rotatable bonds is 1. The third kappa shape index (κ3) is 1.72. The Kier molecular flexibility index (Phi) is 2.04. The van der Waals surface area contributed by atoms with Crippen molar-refractivity contribution in [2.24, 2.45) is 5.73 Å². The molecule has 15 heavy (non-hydrogen) atoms. The maximum absolute atomic E-state index is 13.6. The van der Waals surface area contributed by atoms with Gasteiger partial charge < -0.3 is 11.1 Å². The highest BCUT2D eigenvalue weighted by atomic mass is 19.1. The highest BCUT2D eigenvalue weighted by Crippen LogP contribution is 2.30. The van der Waals surface area contributed by atoms with Gasteiger partial charge in [-0.3, -0.25) is 4.79 Å². The minimum absolute atomic E-state index is 0.170. The Labute approximate surface area is 87.5 Å². The number of anilines is 1. The molecule has 1 aliphatic rings. The van der Waals surface area contributed by atoms with E-state index in [0.717, 1.165) is 0 Å². The molecule has 0 fully saturated rings. The van der Waals surface area contributed by atoms with Gasteiger partial charge in [0.15, 0.2) is 0 Å². The number of carbonyl (C=O) groups is 1. The second kappa shape index (κ2) is 3.03. The van der Waals surface area contributed by atoms with E-state index >= 15 is 0 Å². The van der Waals surface area contributed by atoms with Crippen LogP contribution in [0.3, 0.4) is 0 Å². The molecule has 1 amide bonds. The fourth-order valence-electron chi connectivity index (χ4n) is 1.67. The Morgan fingerprint density at radius 1 is 1.47 bits per heavy atom. The topological polar surface area (TPSA) is 55.1 Å². The Bertz CT molecular complexity index is 435. The summed E-state index contributed by atoms with van der Waals surface area (Å²) in [4.78, 5) is 11.1. The second-order valence-corrected chi connectivity index (χ2v) is 4.44. The lowest BCUT2D eigenvalue weighted by Gasteiger charge is -2.20. The molecule has 1 aliphatic heterocycles. The average molecular weight is 208 g/mol. The van der Waals surface area contributed by atoms with Crippen LogP contribution >= 0.6 is 0 Å². The normalized spacial score (nSPS) is 15.1. The summed E-state index contributed by atoms with van der Waals surface area (Å²) < 4.78 is 13.6. The number of nitrogens with two attached hydrogens (primary N) is 1. The minimum atomic E-state index is -0.596. The van der Waals surface area contributed by atoms with Gasteiger partial charge in [-0.25, -0.2) is 4.39 Å². The van der Waals surface area contributed by atoms with Gasteiger partial charge in [-0.05, 0) is 31.0 Å². The Morgan fingerprint density at radius 2 is 2.13 bits per heavy atom. The number of fused-ring (bicyclic) bond motifs is 1. The molecule has 0 unspecified atom stereocenters. The predicted octanol–water partition coefficient (Wildman–Crippen LogP) is 1.51. The summed E-state index contributed by atoms with van der Waals surface area (Å²) in [5, 5.41) is 2.49. The van der Waals surface area contributed by atoms with Gasteiger partial charge in [0, 0.05) is 5.54 Å². The standard InChI is InChI=1S/C11H13FN2O/c1-11(2,13)7-3-6-4-9(15)14-10(6)8(12)5-7/h3,5H,4,13H2,1-2H3,(H,14,15). The first-order valence-corrected chi connectivity index (χ1v) is 4.79. The molecule has 1 heterocycles. The zero-order valence-corrected chi connectivity index (χ0v) is 8.73. The highest BCUT2D eigenvalue weighted by molar-refractivity contribution is 5.99. The van der Waals surface area contributed by atoms with Crippen LogP contribution in [0.25, 0.3) is 0 Å². The van der Waals surface area contributed by atoms with Crippen LogP contribution in [0.5, 0.6) is 0 Å². The van der Waals surface area contributed by atoms with Gasteiger partial charge in [-0.1, -0.05) is 6.07 Å². The number of hydrogen-bond acceptors (Lipinski definition) is 2. The van der Waals surface area contributed by atoms with Crippen LogP contribution in [0.4, 0.5) is 10.1 Å². The lowest BCUT2D eigenvalue weighted by atomic mass is 9.93. The Morgan fingerprint density at radius 3 is 2.73 bits per heavy atom. The molecule has 0 saturated heterocycles. The third-order valence-electron chi connectivity index (χ3n) is 2.53. The van der Waals surface area contributed by atoms with Gasteiger partial charge >= 0.3 is 0 Å². The van der Waals surface area contributed by atoms with E-state index in [1.54, 1.807) is 19.9 Å². The molecule has 2 rings (SSSR count). The van der Waals surface area contributed by atoms with Crippen LogP contribution in [-0.2, 0) is 16.8 Å². The van der Waals surface area contributed by atoms with E-state index in [4.69, 9.17) is 5.73 Å². The maximum Gasteiger partial charge on any atom is 0.228 e. The molecule has 0 saturated carbocycles. The van der Waals surface area contributed by atoms with Crippen molar-refractivity contribution in [3.05, 3.63) is 29.1 Å². The lowest BCUT2D eigenvalue weighted by molar-refractivity contribution is -0.115. The van der Waals surface area contributed by atoms with Crippen LogP contribution in [0.2, 0.25) is 0 Å². The summed E-state index contributed by atoms with van der Waals surface area (Å²) in [5.41, 5.74) is 6.98. The largest absolute Gasteiger partial charge is 0.323 e. The fraction of sp³-hybridized carbons (Fsp3) is 0.364. The van der Waals surface area contributed by atoms with Crippen LogP contribution in [-0.4, -0.2) is 5.91 Å². The summed E-state index contributed by atoms with van der Waals surface area (Å²) in [6.07, 6.45) is 0.232. The molecule has 4 heteroatoms. The molecule has 80 valence electrons. The second-order valence-electron chi connectivity index (χ2n) is 4.44. The lowest BCUT2D eigenvalue weighted by Crippen LogP contribution is -2.28. The van der Waals surface area contributed by atoms with E-state index in [2.05, 4.69) is 5.32 Å².